The molecule has 1 aromatic heterocycles. The smallest absolute Gasteiger partial charge is 0.330 e. The van der Waals surface area contributed by atoms with Gasteiger partial charge in [0.05, 0.1) is 0 Å². The number of benzene rings is 1. The molecule has 102 valence electrons. The third-order valence-electron chi connectivity index (χ3n) is 2.64. The molecule has 1 atom stereocenters. The van der Waals surface area contributed by atoms with Crippen LogP contribution in [0.1, 0.15) is 22.0 Å². The molecule has 0 bridgehead atoms. The molecular weight excluding hydrogens is 324 g/mol. The van der Waals surface area contributed by atoms with Crippen molar-refractivity contribution in [2.45, 2.75) is 6.04 Å². The summed E-state index contributed by atoms with van der Waals surface area (Å²) in [6.07, 6.45) is 1.47. The Morgan fingerprint density at radius 3 is 2.50 bits per heavy atom. The minimum atomic E-state index is -1.11. The molecule has 5 nitrogen and oxygen atoms in total. The maximum atomic E-state index is 12.1. The van der Waals surface area contributed by atoms with E-state index in [1.54, 1.807) is 30.3 Å². The third kappa shape index (κ3) is 3.42. The number of nitrogens with one attached hydrogen (secondary N) is 1. The van der Waals surface area contributed by atoms with Gasteiger partial charge in [-0.05, 0) is 33.6 Å². The first-order valence-corrected chi connectivity index (χ1v) is 6.57. The summed E-state index contributed by atoms with van der Waals surface area (Å²) < 4.78 is 0.511. The van der Waals surface area contributed by atoms with Crippen LogP contribution in [0, 0.1) is 0 Å². The van der Waals surface area contributed by atoms with Crippen molar-refractivity contribution in [1.29, 1.82) is 0 Å². The SMILES string of the molecule is O=C(N[C@H](C(=O)O)c1ccccc1)c1ccnc(Br)c1. The van der Waals surface area contributed by atoms with Crippen LogP contribution in [0.25, 0.3) is 0 Å². The second kappa shape index (κ2) is 6.29. The van der Waals surface area contributed by atoms with E-state index >= 15 is 0 Å². The summed E-state index contributed by atoms with van der Waals surface area (Å²) in [6.45, 7) is 0. The summed E-state index contributed by atoms with van der Waals surface area (Å²) in [7, 11) is 0. The first-order chi connectivity index (χ1) is 9.58. The topological polar surface area (TPSA) is 79.3 Å². The van der Waals surface area contributed by atoms with E-state index < -0.39 is 17.9 Å². The van der Waals surface area contributed by atoms with Crippen LogP contribution in [-0.2, 0) is 4.79 Å². The second-order valence-corrected chi connectivity index (χ2v) is 4.84. The molecule has 0 aliphatic rings. The molecule has 0 unspecified atom stereocenters. The number of hydrogen-bond donors (Lipinski definition) is 2. The van der Waals surface area contributed by atoms with Crippen molar-refractivity contribution >= 4 is 27.8 Å². The van der Waals surface area contributed by atoms with Crippen LogP contribution in [0.15, 0.2) is 53.3 Å². The van der Waals surface area contributed by atoms with E-state index in [1.165, 1.54) is 18.3 Å². The van der Waals surface area contributed by atoms with Gasteiger partial charge in [0, 0.05) is 11.8 Å². The van der Waals surface area contributed by atoms with E-state index in [0.29, 0.717) is 15.7 Å². The summed E-state index contributed by atoms with van der Waals surface area (Å²) in [5.74, 6) is -1.58. The summed E-state index contributed by atoms with van der Waals surface area (Å²) in [5, 5.41) is 11.7. The number of rotatable bonds is 4. The molecule has 6 heteroatoms. The maximum Gasteiger partial charge on any atom is 0.330 e. The van der Waals surface area contributed by atoms with Crippen LogP contribution >= 0.6 is 15.9 Å². The number of carbonyl (C=O) groups excluding carboxylic acids is 1. The number of carboxylic acids is 1. The highest BCUT2D eigenvalue weighted by Crippen LogP contribution is 2.14. The van der Waals surface area contributed by atoms with Gasteiger partial charge in [-0.15, -0.1) is 0 Å². The predicted octanol–water partition coefficient (Wildman–Crippen LogP) is 2.40. The lowest BCUT2D eigenvalue weighted by Crippen LogP contribution is -2.33. The van der Waals surface area contributed by atoms with Gasteiger partial charge in [0.2, 0.25) is 0 Å². The minimum absolute atomic E-state index is 0.342. The Bertz CT molecular complexity index is 631. The summed E-state index contributed by atoms with van der Waals surface area (Å²) in [4.78, 5) is 27.3. The Labute approximate surface area is 123 Å². The molecule has 0 aliphatic carbocycles. The first kappa shape index (κ1) is 14.2. The Morgan fingerprint density at radius 1 is 1.20 bits per heavy atom. The van der Waals surface area contributed by atoms with E-state index in [4.69, 9.17) is 0 Å². The lowest BCUT2D eigenvalue weighted by Gasteiger charge is -2.14. The molecule has 0 aliphatic heterocycles. The van der Waals surface area contributed by atoms with Crippen LogP contribution in [0.5, 0.6) is 0 Å². The quantitative estimate of drug-likeness (QED) is 0.841. The number of amides is 1. The number of aliphatic carboxylic acids is 1. The lowest BCUT2D eigenvalue weighted by molar-refractivity contribution is -0.139. The fraction of sp³-hybridized carbons (Fsp3) is 0.0714. The van der Waals surface area contributed by atoms with Gasteiger partial charge in [-0.3, -0.25) is 4.79 Å². The van der Waals surface area contributed by atoms with Crippen molar-refractivity contribution in [3.8, 4) is 0 Å². The van der Waals surface area contributed by atoms with Gasteiger partial charge < -0.3 is 10.4 Å². The molecule has 1 aromatic carbocycles. The molecule has 1 heterocycles. The van der Waals surface area contributed by atoms with Gasteiger partial charge in [0.15, 0.2) is 6.04 Å². The lowest BCUT2D eigenvalue weighted by atomic mass is 10.1. The van der Waals surface area contributed by atoms with Gasteiger partial charge in [0.25, 0.3) is 5.91 Å². The van der Waals surface area contributed by atoms with Gasteiger partial charge >= 0.3 is 5.97 Å². The molecule has 2 N–H and O–H groups in total. The van der Waals surface area contributed by atoms with Crippen LogP contribution in [0.3, 0.4) is 0 Å². The highest BCUT2D eigenvalue weighted by atomic mass is 79.9. The number of nitrogens with zero attached hydrogens (tertiary/aromatic N) is 1. The number of halogens is 1. The van der Waals surface area contributed by atoms with Gasteiger partial charge in [-0.25, -0.2) is 9.78 Å². The molecule has 0 saturated carbocycles. The zero-order valence-corrected chi connectivity index (χ0v) is 11.9. The third-order valence-corrected chi connectivity index (χ3v) is 3.08. The standard InChI is InChI=1S/C14H11BrN2O3/c15-11-8-10(6-7-16-11)13(18)17-12(14(19)20)9-4-2-1-3-5-9/h1-8,12H,(H,17,18)(H,19,20)/t12-/m0/s1. The highest BCUT2D eigenvalue weighted by molar-refractivity contribution is 9.10. The van der Waals surface area contributed by atoms with E-state index in [0.717, 1.165) is 0 Å². The van der Waals surface area contributed by atoms with Crippen molar-refractivity contribution < 1.29 is 14.7 Å². The Morgan fingerprint density at radius 2 is 1.90 bits per heavy atom. The highest BCUT2D eigenvalue weighted by Gasteiger charge is 2.22. The van der Waals surface area contributed by atoms with Crippen molar-refractivity contribution in [3.05, 3.63) is 64.4 Å². The number of hydrogen-bond acceptors (Lipinski definition) is 3. The summed E-state index contributed by atoms with van der Waals surface area (Å²) >= 11 is 3.16. The summed E-state index contributed by atoms with van der Waals surface area (Å²) in [6, 6.07) is 10.5. The first-order valence-electron chi connectivity index (χ1n) is 5.78. The Kier molecular flexibility index (Phi) is 4.47. The van der Waals surface area contributed by atoms with Crippen molar-refractivity contribution in [2.24, 2.45) is 0 Å². The molecule has 0 radical (unpaired) electrons. The van der Waals surface area contributed by atoms with E-state index in [-0.39, 0.29) is 0 Å². The van der Waals surface area contributed by atoms with Crippen molar-refractivity contribution in [3.63, 3.8) is 0 Å². The average molecular weight is 335 g/mol. The number of aromatic nitrogens is 1. The molecule has 2 rings (SSSR count). The number of pyridine rings is 1. The maximum absolute atomic E-state index is 12.1. The van der Waals surface area contributed by atoms with E-state index in [2.05, 4.69) is 26.2 Å². The van der Waals surface area contributed by atoms with Gasteiger partial charge in [-0.2, -0.15) is 0 Å². The molecule has 2 aromatic rings. The van der Waals surface area contributed by atoms with Crippen LogP contribution in [-0.4, -0.2) is 22.0 Å². The van der Waals surface area contributed by atoms with E-state index in [1.807, 2.05) is 0 Å². The second-order valence-electron chi connectivity index (χ2n) is 4.02. The zero-order valence-electron chi connectivity index (χ0n) is 10.3. The number of carboxylic acid groups (broad SMARTS) is 1. The van der Waals surface area contributed by atoms with Crippen LogP contribution in [0.2, 0.25) is 0 Å². The fourth-order valence-corrected chi connectivity index (χ4v) is 2.06. The van der Waals surface area contributed by atoms with Gasteiger partial charge in [-0.1, -0.05) is 30.3 Å². The summed E-state index contributed by atoms with van der Waals surface area (Å²) in [5.41, 5.74) is 0.857. The number of carbonyl (C=O) groups is 2. The molecule has 1 amide bonds. The predicted molar refractivity (Wildman–Crippen MR) is 76.2 cm³/mol. The van der Waals surface area contributed by atoms with Crippen LogP contribution in [0.4, 0.5) is 0 Å². The minimum Gasteiger partial charge on any atom is -0.479 e. The Balaban J connectivity index is 2.21. The average Bonchev–Trinajstić information content (AvgIpc) is 2.45. The zero-order chi connectivity index (χ0) is 14.5. The van der Waals surface area contributed by atoms with Crippen LogP contribution < -0.4 is 5.32 Å². The monoisotopic (exact) mass is 334 g/mol. The molecule has 0 saturated heterocycles. The molecule has 0 spiro atoms. The van der Waals surface area contributed by atoms with Crippen molar-refractivity contribution in [1.82, 2.24) is 10.3 Å². The largest absolute Gasteiger partial charge is 0.479 e. The van der Waals surface area contributed by atoms with Crippen molar-refractivity contribution in [2.75, 3.05) is 0 Å². The molecular formula is C14H11BrN2O3. The van der Waals surface area contributed by atoms with Gasteiger partial charge in [0.1, 0.15) is 4.60 Å². The Hall–Kier alpha value is -2.21. The molecule has 20 heavy (non-hydrogen) atoms. The normalized spacial score (nSPS) is 11.7. The fourth-order valence-electron chi connectivity index (χ4n) is 1.69. The molecule has 0 fully saturated rings. The van der Waals surface area contributed by atoms with E-state index in [9.17, 15) is 14.7 Å².